The molecular weight excluding hydrogens is 232 g/mol. The monoisotopic (exact) mass is 242 g/mol. The van der Waals surface area contributed by atoms with Crippen molar-refractivity contribution in [2.75, 3.05) is 7.05 Å². The molecule has 0 saturated heterocycles. The third kappa shape index (κ3) is 1.64. The summed E-state index contributed by atoms with van der Waals surface area (Å²) in [5, 5.41) is 14.1. The number of nitrogens with one attached hydrogen (secondary N) is 2. The van der Waals surface area contributed by atoms with Gasteiger partial charge in [0.2, 0.25) is 5.82 Å². The molecule has 1 aromatic heterocycles. The van der Waals surface area contributed by atoms with Crippen LogP contribution in [0.3, 0.4) is 0 Å². The molecule has 0 fully saturated rings. The van der Waals surface area contributed by atoms with Crippen LogP contribution >= 0.6 is 11.9 Å². The van der Waals surface area contributed by atoms with Crippen LogP contribution in [0.4, 0.5) is 5.82 Å². The molecule has 2 N–H and O–H groups in total. The zero-order valence-electron chi connectivity index (χ0n) is 8.67. The Morgan fingerprint density at radius 1 is 1.69 bits per heavy atom. The summed E-state index contributed by atoms with van der Waals surface area (Å²) < 4.78 is 1.43. The van der Waals surface area contributed by atoms with E-state index in [2.05, 4.69) is 15.2 Å². The van der Waals surface area contributed by atoms with E-state index in [0.29, 0.717) is 5.82 Å². The van der Waals surface area contributed by atoms with E-state index in [9.17, 15) is 10.1 Å². The van der Waals surface area contributed by atoms with Crippen molar-refractivity contribution >= 4 is 23.5 Å². The quantitative estimate of drug-likeness (QED) is 0.445. The Labute approximate surface area is 95.5 Å². The number of hydrogen-bond donors (Lipinski definition) is 2. The topological polar surface area (TPSA) is 88.3 Å². The summed E-state index contributed by atoms with van der Waals surface area (Å²) in [5.41, 5.74) is 3.63. The zero-order chi connectivity index (χ0) is 11.7. The van der Waals surface area contributed by atoms with Gasteiger partial charge < -0.3 is 10.1 Å². The van der Waals surface area contributed by atoms with Crippen LogP contribution in [0.1, 0.15) is 5.82 Å². The molecule has 0 amide bonds. The first-order chi connectivity index (χ1) is 7.65. The standard InChI is InChI=1S/C7H10N6O2S/c1-8-12-5(4-16-10-12)7-9-3-6(11(7)2)13(14)15/h3-4,8,10H,1-2H3. The van der Waals surface area contributed by atoms with Gasteiger partial charge in [0.25, 0.3) is 0 Å². The minimum absolute atomic E-state index is 0.0381. The summed E-state index contributed by atoms with van der Waals surface area (Å²) in [6, 6.07) is 0. The molecule has 86 valence electrons. The maximum atomic E-state index is 10.7. The van der Waals surface area contributed by atoms with Crippen molar-refractivity contribution in [2.24, 2.45) is 7.05 Å². The molecule has 1 aliphatic rings. The second-order valence-corrected chi connectivity index (χ2v) is 3.68. The van der Waals surface area contributed by atoms with Crippen molar-refractivity contribution in [3.05, 3.63) is 27.5 Å². The van der Waals surface area contributed by atoms with Gasteiger partial charge in [-0.1, -0.05) is 0 Å². The van der Waals surface area contributed by atoms with E-state index in [1.165, 1.54) is 22.7 Å². The van der Waals surface area contributed by atoms with Crippen molar-refractivity contribution in [3.63, 3.8) is 0 Å². The molecule has 0 unspecified atom stereocenters. The Kier molecular flexibility index (Phi) is 2.81. The molecular formula is C7H10N6O2S. The normalized spacial score (nSPS) is 15.4. The van der Waals surface area contributed by atoms with Gasteiger partial charge in [-0.2, -0.15) is 4.83 Å². The molecule has 2 rings (SSSR count). The molecule has 8 nitrogen and oxygen atoms in total. The SMILES string of the molecule is CNN1NSC=C1c1ncc([N+](=O)[O-])n1C. The first-order valence-corrected chi connectivity index (χ1v) is 5.28. The highest BCUT2D eigenvalue weighted by molar-refractivity contribution is 8.00. The molecule has 0 spiro atoms. The van der Waals surface area contributed by atoms with Crippen molar-refractivity contribution in [3.8, 4) is 0 Å². The van der Waals surface area contributed by atoms with Crippen LogP contribution in [0, 0.1) is 10.1 Å². The van der Waals surface area contributed by atoms with Crippen LogP contribution in [-0.2, 0) is 7.05 Å². The molecule has 0 saturated carbocycles. The smallest absolute Gasteiger partial charge is 0.342 e. The molecule has 0 aliphatic carbocycles. The molecule has 0 bridgehead atoms. The van der Waals surface area contributed by atoms with Crippen molar-refractivity contribution in [1.82, 2.24) is 24.9 Å². The van der Waals surface area contributed by atoms with E-state index in [1.807, 2.05) is 5.41 Å². The molecule has 0 radical (unpaired) electrons. The lowest BCUT2D eigenvalue weighted by molar-refractivity contribution is -0.391. The van der Waals surface area contributed by atoms with E-state index in [-0.39, 0.29) is 5.82 Å². The third-order valence-electron chi connectivity index (χ3n) is 2.16. The van der Waals surface area contributed by atoms with Crippen LogP contribution in [0.25, 0.3) is 5.70 Å². The summed E-state index contributed by atoms with van der Waals surface area (Å²) >= 11 is 1.36. The van der Waals surface area contributed by atoms with Gasteiger partial charge in [-0.05, 0) is 16.9 Å². The van der Waals surface area contributed by atoms with Crippen LogP contribution in [0.5, 0.6) is 0 Å². The minimum Gasteiger partial charge on any atom is -0.358 e. The highest BCUT2D eigenvalue weighted by Gasteiger charge is 2.26. The van der Waals surface area contributed by atoms with Crippen molar-refractivity contribution in [1.29, 1.82) is 0 Å². The Hall–Kier alpha value is -1.58. The zero-order valence-corrected chi connectivity index (χ0v) is 9.48. The summed E-state index contributed by atoms with van der Waals surface area (Å²) in [6.45, 7) is 0. The highest BCUT2D eigenvalue weighted by atomic mass is 32.2. The second-order valence-electron chi connectivity index (χ2n) is 3.03. The van der Waals surface area contributed by atoms with E-state index in [4.69, 9.17) is 0 Å². The van der Waals surface area contributed by atoms with Gasteiger partial charge in [0.15, 0.2) is 0 Å². The Bertz CT molecular complexity index is 456. The maximum Gasteiger partial charge on any atom is 0.342 e. The van der Waals surface area contributed by atoms with Crippen LogP contribution in [-0.4, -0.2) is 26.6 Å². The van der Waals surface area contributed by atoms with Crippen LogP contribution in [0.15, 0.2) is 11.6 Å². The first kappa shape index (κ1) is 10.9. The fourth-order valence-corrected chi connectivity index (χ4v) is 2.03. The van der Waals surface area contributed by atoms with Gasteiger partial charge in [0, 0.05) is 12.5 Å². The molecule has 16 heavy (non-hydrogen) atoms. The summed E-state index contributed by atoms with van der Waals surface area (Å²) in [4.78, 5) is 17.2. The van der Waals surface area contributed by atoms with Gasteiger partial charge in [-0.25, -0.2) is 20.1 Å². The average molecular weight is 242 g/mol. The van der Waals surface area contributed by atoms with Crippen molar-refractivity contribution in [2.45, 2.75) is 0 Å². The van der Waals surface area contributed by atoms with Gasteiger partial charge in [-0.15, -0.1) is 0 Å². The Balaban J connectivity index is 2.38. The lowest BCUT2D eigenvalue weighted by atomic mass is 10.4. The summed E-state index contributed by atoms with van der Waals surface area (Å²) in [7, 11) is 3.35. The number of nitrogens with zero attached hydrogens (tertiary/aromatic N) is 4. The molecule has 1 aromatic rings. The van der Waals surface area contributed by atoms with E-state index < -0.39 is 4.92 Å². The fourth-order valence-electron chi connectivity index (χ4n) is 1.36. The van der Waals surface area contributed by atoms with E-state index in [1.54, 1.807) is 19.2 Å². The lowest BCUT2D eigenvalue weighted by Gasteiger charge is -2.17. The number of hydrogen-bond acceptors (Lipinski definition) is 7. The first-order valence-electron chi connectivity index (χ1n) is 4.40. The number of aromatic nitrogens is 2. The highest BCUT2D eigenvalue weighted by Crippen LogP contribution is 2.26. The van der Waals surface area contributed by atoms with Crippen molar-refractivity contribution < 1.29 is 4.92 Å². The summed E-state index contributed by atoms with van der Waals surface area (Å²) in [6.07, 6.45) is 1.24. The number of nitro groups is 1. The van der Waals surface area contributed by atoms with Crippen LogP contribution in [0.2, 0.25) is 0 Å². The predicted octanol–water partition coefficient (Wildman–Crippen LogP) is 0.229. The lowest BCUT2D eigenvalue weighted by Crippen LogP contribution is -2.38. The largest absolute Gasteiger partial charge is 0.358 e. The molecule has 0 aromatic carbocycles. The minimum atomic E-state index is -0.462. The third-order valence-corrected chi connectivity index (χ3v) is 2.79. The van der Waals surface area contributed by atoms with E-state index in [0.717, 1.165) is 5.70 Å². The Morgan fingerprint density at radius 2 is 2.44 bits per heavy atom. The molecule has 1 aliphatic heterocycles. The van der Waals surface area contributed by atoms with Gasteiger partial charge in [0.1, 0.15) is 11.9 Å². The molecule has 9 heteroatoms. The van der Waals surface area contributed by atoms with Crippen LogP contribution < -0.4 is 10.3 Å². The second kappa shape index (κ2) is 4.12. The average Bonchev–Trinajstić information content (AvgIpc) is 2.82. The number of rotatable bonds is 3. The maximum absolute atomic E-state index is 10.7. The van der Waals surface area contributed by atoms with E-state index >= 15 is 0 Å². The Morgan fingerprint density at radius 3 is 3.00 bits per heavy atom. The number of imidazole rings is 1. The predicted molar refractivity (Wildman–Crippen MR) is 59.5 cm³/mol. The molecule has 2 heterocycles. The fraction of sp³-hybridized carbons (Fsp3) is 0.286. The molecule has 0 atom stereocenters. The van der Waals surface area contributed by atoms with Gasteiger partial charge in [0.05, 0.1) is 7.05 Å². The van der Waals surface area contributed by atoms with Gasteiger partial charge in [-0.3, -0.25) is 0 Å². The summed E-state index contributed by atoms with van der Waals surface area (Å²) in [5.74, 6) is 0.488. The van der Waals surface area contributed by atoms with Gasteiger partial charge >= 0.3 is 5.82 Å². The number of hydrazine groups is 2.